The molecule has 0 bridgehead atoms. The van der Waals surface area contributed by atoms with Crippen molar-refractivity contribution in [2.45, 2.75) is 32.2 Å². The SMILES string of the molecule is CC[C@H](C#N)NC(=O)Cc1ccc(OC(F)(F)F)cc1. The topological polar surface area (TPSA) is 62.1 Å². The van der Waals surface area contributed by atoms with E-state index in [0.29, 0.717) is 12.0 Å². The van der Waals surface area contributed by atoms with Crippen LogP contribution in [-0.2, 0) is 11.2 Å². The fraction of sp³-hybridized carbons (Fsp3) is 0.385. The van der Waals surface area contributed by atoms with Crippen molar-refractivity contribution in [1.82, 2.24) is 5.32 Å². The molecule has 0 fully saturated rings. The molecule has 0 spiro atoms. The number of nitrogens with one attached hydrogen (secondary N) is 1. The highest BCUT2D eigenvalue weighted by Crippen LogP contribution is 2.22. The first-order valence-electron chi connectivity index (χ1n) is 5.87. The molecule has 0 heterocycles. The van der Waals surface area contributed by atoms with Gasteiger partial charge in [-0.25, -0.2) is 0 Å². The molecular weight excluding hydrogens is 273 g/mol. The van der Waals surface area contributed by atoms with Gasteiger partial charge in [0.1, 0.15) is 11.8 Å². The smallest absolute Gasteiger partial charge is 0.406 e. The molecule has 0 radical (unpaired) electrons. The van der Waals surface area contributed by atoms with E-state index >= 15 is 0 Å². The van der Waals surface area contributed by atoms with Gasteiger partial charge in [0.15, 0.2) is 0 Å². The van der Waals surface area contributed by atoms with Crippen molar-refractivity contribution in [3.05, 3.63) is 29.8 Å². The average Bonchev–Trinajstić information content (AvgIpc) is 2.36. The average molecular weight is 286 g/mol. The summed E-state index contributed by atoms with van der Waals surface area (Å²) < 4.78 is 39.6. The molecule has 4 nitrogen and oxygen atoms in total. The Balaban J connectivity index is 2.57. The Hall–Kier alpha value is -2.23. The third kappa shape index (κ3) is 5.61. The molecule has 0 aliphatic carbocycles. The molecular formula is C13H13F3N2O2. The number of halogens is 3. The number of carbonyl (C=O) groups is 1. The van der Waals surface area contributed by atoms with Crippen molar-refractivity contribution in [1.29, 1.82) is 5.26 Å². The Labute approximate surface area is 114 Å². The zero-order chi connectivity index (χ0) is 15.2. The fourth-order valence-corrected chi connectivity index (χ4v) is 1.47. The standard InChI is InChI=1S/C13H13F3N2O2/c1-2-10(8-17)18-12(19)7-9-3-5-11(6-4-9)20-13(14,15)16/h3-6,10H,2,7H2,1H3,(H,18,19)/t10-/m1/s1. The van der Waals surface area contributed by atoms with Crippen LogP contribution in [0.15, 0.2) is 24.3 Å². The van der Waals surface area contributed by atoms with Crippen molar-refractivity contribution in [2.75, 3.05) is 0 Å². The lowest BCUT2D eigenvalue weighted by Gasteiger charge is -2.10. The summed E-state index contributed by atoms with van der Waals surface area (Å²) in [5.41, 5.74) is 0.532. The quantitative estimate of drug-likeness (QED) is 0.904. The summed E-state index contributed by atoms with van der Waals surface area (Å²) in [4.78, 5) is 11.6. The number of ether oxygens (including phenoxy) is 1. The Morgan fingerprint density at radius 3 is 2.45 bits per heavy atom. The molecule has 0 aliphatic heterocycles. The summed E-state index contributed by atoms with van der Waals surface area (Å²) in [6.45, 7) is 1.76. The molecule has 1 rings (SSSR count). The summed E-state index contributed by atoms with van der Waals surface area (Å²) in [6, 6.07) is 6.38. The lowest BCUT2D eigenvalue weighted by atomic mass is 10.1. The van der Waals surface area contributed by atoms with Crippen LogP contribution in [-0.4, -0.2) is 18.3 Å². The first-order valence-corrected chi connectivity index (χ1v) is 5.87. The first kappa shape index (κ1) is 15.8. The lowest BCUT2D eigenvalue weighted by Crippen LogP contribution is -2.34. The molecule has 0 saturated heterocycles. The summed E-state index contributed by atoms with van der Waals surface area (Å²) >= 11 is 0. The summed E-state index contributed by atoms with van der Waals surface area (Å²) in [6.07, 6.45) is -4.26. The minimum absolute atomic E-state index is 0.00945. The molecule has 0 aromatic heterocycles. The predicted molar refractivity (Wildman–Crippen MR) is 64.7 cm³/mol. The highest BCUT2D eigenvalue weighted by atomic mass is 19.4. The zero-order valence-electron chi connectivity index (χ0n) is 10.7. The summed E-state index contributed by atoms with van der Waals surface area (Å²) in [5.74, 6) is -0.701. The molecule has 1 amide bonds. The van der Waals surface area contributed by atoms with Gasteiger partial charge in [-0.05, 0) is 24.1 Å². The Bertz CT molecular complexity index is 492. The third-order valence-electron chi connectivity index (χ3n) is 2.42. The number of benzene rings is 1. The van der Waals surface area contributed by atoms with Gasteiger partial charge in [0, 0.05) is 0 Å². The maximum atomic E-state index is 12.0. The van der Waals surface area contributed by atoms with Gasteiger partial charge < -0.3 is 10.1 Å². The molecule has 0 aliphatic rings. The highest BCUT2D eigenvalue weighted by molar-refractivity contribution is 5.79. The fourth-order valence-electron chi connectivity index (χ4n) is 1.47. The van der Waals surface area contributed by atoms with E-state index in [-0.39, 0.29) is 18.1 Å². The van der Waals surface area contributed by atoms with E-state index in [1.807, 2.05) is 6.07 Å². The second-order valence-corrected chi connectivity index (χ2v) is 4.03. The van der Waals surface area contributed by atoms with Gasteiger partial charge in [-0.15, -0.1) is 13.2 Å². The van der Waals surface area contributed by atoms with Crippen LogP contribution in [0.2, 0.25) is 0 Å². The van der Waals surface area contributed by atoms with Gasteiger partial charge in [-0.2, -0.15) is 5.26 Å². The lowest BCUT2D eigenvalue weighted by molar-refractivity contribution is -0.274. The van der Waals surface area contributed by atoms with Gasteiger partial charge in [0.05, 0.1) is 12.5 Å². The molecule has 1 atom stereocenters. The number of nitriles is 1. The van der Waals surface area contributed by atoms with E-state index < -0.39 is 12.4 Å². The van der Waals surface area contributed by atoms with Gasteiger partial charge in [-0.3, -0.25) is 4.79 Å². The van der Waals surface area contributed by atoms with Gasteiger partial charge >= 0.3 is 6.36 Å². The number of hydrogen-bond acceptors (Lipinski definition) is 3. The van der Waals surface area contributed by atoms with Gasteiger partial charge in [-0.1, -0.05) is 19.1 Å². The van der Waals surface area contributed by atoms with Gasteiger partial charge in [0.25, 0.3) is 0 Å². The number of nitrogens with zero attached hydrogens (tertiary/aromatic N) is 1. The van der Waals surface area contributed by atoms with E-state index in [1.54, 1.807) is 6.92 Å². The van der Waals surface area contributed by atoms with Crippen molar-refractivity contribution in [2.24, 2.45) is 0 Å². The van der Waals surface area contributed by atoms with Crippen LogP contribution in [0.1, 0.15) is 18.9 Å². The normalized spacial score (nSPS) is 12.3. The van der Waals surface area contributed by atoms with Crippen molar-refractivity contribution in [3.63, 3.8) is 0 Å². The third-order valence-corrected chi connectivity index (χ3v) is 2.42. The van der Waals surface area contributed by atoms with E-state index in [1.165, 1.54) is 12.1 Å². The molecule has 1 N–H and O–H groups in total. The van der Waals surface area contributed by atoms with Crippen LogP contribution in [0.25, 0.3) is 0 Å². The number of hydrogen-bond donors (Lipinski definition) is 1. The molecule has 1 aromatic carbocycles. The predicted octanol–water partition coefficient (Wildman–Crippen LogP) is 2.55. The summed E-state index contributed by atoms with van der Waals surface area (Å²) in [7, 11) is 0. The number of rotatable bonds is 5. The Morgan fingerprint density at radius 2 is 2.00 bits per heavy atom. The van der Waals surface area contributed by atoms with Crippen LogP contribution in [0, 0.1) is 11.3 Å². The number of amides is 1. The zero-order valence-corrected chi connectivity index (χ0v) is 10.7. The Kier molecular flexibility index (Phi) is 5.38. The van der Waals surface area contributed by atoms with Crippen LogP contribution in [0.5, 0.6) is 5.75 Å². The van der Waals surface area contributed by atoms with Crippen molar-refractivity contribution in [3.8, 4) is 11.8 Å². The molecule has 0 saturated carbocycles. The van der Waals surface area contributed by atoms with Crippen LogP contribution >= 0.6 is 0 Å². The number of carbonyl (C=O) groups excluding carboxylic acids is 1. The van der Waals surface area contributed by atoms with Gasteiger partial charge in [0.2, 0.25) is 5.91 Å². The summed E-state index contributed by atoms with van der Waals surface area (Å²) in [5, 5.41) is 11.2. The second kappa shape index (κ2) is 6.80. The minimum Gasteiger partial charge on any atom is -0.406 e. The van der Waals surface area contributed by atoms with E-state index in [0.717, 1.165) is 12.1 Å². The molecule has 108 valence electrons. The second-order valence-electron chi connectivity index (χ2n) is 4.03. The molecule has 0 unspecified atom stereocenters. The van der Waals surface area contributed by atoms with E-state index in [4.69, 9.17) is 5.26 Å². The molecule has 7 heteroatoms. The van der Waals surface area contributed by atoms with Crippen molar-refractivity contribution < 1.29 is 22.7 Å². The first-order chi connectivity index (χ1) is 9.34. The minimum atomic E-state index is -4.74. The maximum absolute atomic E-state index is 12.0. The van der Waals surface area contributed by atoms with Crippen molar-refractivity contribution >= 4 is 5.91 Å². The largest absolute Gasteiger partial charge is 0.573 e. The monoisotopic (exact) mass is 286 g/mol. The molecule has 1 aromatic rings. The van der Waals surface area contributed by atoms with Crippen LogP contribution in [0.3, 0.4) is 0 Å². The molecule has 20 heavy (non-hydrogen) atoms. The maximum Gasteiger partial charge on any atom is 0.573 e. The van der Waals surface area contributed by atoms with Crippen LogP contribution < -0.4 is 10.1 Å². The highest BCUT2D eigenvalue weighted by Gasteiger charge is 2.30. The van der Waals surface area contributed by atoms with E-state index in [9.17, 15) is 18.0 Å². The number of alkyl halides is 3. The Morgan fingerprint density at radius 1 is 1.40 bits per heavy atom. The van der Waals surface area contributed by atoms with Crippen LogP contribution in [0.4, 0.5) is 13.2 Å². The van der Waals surface area contributed by atoms with E-state index in [2.05, 4.69) is 10.1 Å².